The molecule has 0 unspecified atom stereocenters. The number of benzene rings is 2. The number of anilines is 1. The van der Waals surface area contributed by atoms with Crippen LogP contribution in [0.25, 0.3) is 6.08 Å². The maximum absolute atomic E-state index is 13.0. The van der Waals surface area contributed by atoms with Crippen LogP contribution in [0.3, 0.4) is 0 Å². The predicted molar refractivity (Wildman–Crippen MR) is 125 cm³/mol. The van der Waals surface area contributed by atoms with E-state index in [1.807, 2.05) is 13.0 Å². The van der Waals surface area contributed by atoms with E-state index in [1.54, 1.807) is 18.2 Å². The molecule has 0 saturated carbocycles. The normalized spacial score (nSPS) is 11.0. The fourth-order valence-electron chi connectivity index (χ4n) is 3.11. The van der Waals surface area contributed by atoms with Crippen LogP contribution in [0.1, 0.15) is 57.9 Å². The smallest absolute Gasteiger partial charge is 0.266 e. The van der Waals surface area contributed by atoms with E-state index in [9.17, 15) is 14.4 Å². The molecule has 2 aromatic carbocycles. The molecule has 0 aliphatic carbocycles. The minimum absolute atomic E-state index is 0.0717. The van der Waals surface area contributed by atoms with Gasteiger partial charge in [-0.2, -0.15) is 5.26 Å². The monoisotopic (exact) mass is 438 g/mol. The van der Waals surface area contributed by atoms with Crippen LogP contribution in [0.15, 0.2) is 48.0 Å². The lowest BCUT2D eigenvalue weighted by molar-refractivity contribution is -0.112. The number of carbonyl (C=O) groups is 1. The van der Waals surface area contributed by atoms with Crippen molar-refractivity contribution in [1.82, 2.24) is 0 Å². The number of amides is 1. The first-order chi connectivity index (χ1) is 15.6. The van der Waals surface area contributed by atoms with Crippen molar-refractivity contribution in [3.05, 3.63) is 59.4 Å². The van der Waals surface area contributed by atoms with Crippen molar-refractivity contribution in [3.63, 3.8) is 0 Å². The third-order valence-electron chi connectivity index (χ3n) is 4.80. The Labute approximate surface area is 189 Å². The van der Waals surface area contributed by atoms with Gasteiger partial charge in [0.2, 0.25) is 0 Å². The van der Waals surface area contributed by atoms with E-state index in [4.69, 9.17) is 9.47 Å². The van der Waals surface area contributed by atoms with Gasteiger partial charge in [-0.15, -0.1) is 0 Å². The van der Waals surface area contributed by atoms with Gasteiger partial charge in [0, 0.05) is 5.69 Å². The maximum Gasteiger partial charge on any atom is 0.266 e. The maximum atomic E-state index is 13.0. The zero-order valence-corrected chi connectivity index (χ0v) is 18.8. The molecule has 0 atom stereocenters. The first-order valence-electron chi connectivity index (χ1n) is 11.2. The van der Waals surface area contributed by atoms with Gasteiger partial charge in [0.1, 0.15) is 17.5 Å². The van der Waals surface area contributed by atoms with Crippen LogP contribution in [0.2, 0.25) is 0 Å². The Morgan fingerprint density at radius 2 is 1.72 bits per heavy atom. The van der Waals surface area contributed by atoms with Gasteiger partial charge in [0.25, 0.3) is 5.91 Å². The van der Waals surface area contributed by atoms with Crippen molar-refractivity contribution in [2.45, 2.75) is 52.4 Å². The van der Waals surface area contributed by atoms with Gasteiger partial charge in [-0.3, -0.25) is 4.79 Å². The first kappa shape index (κ1) is 24.9. The minimum Gasteiger partial charge on any atom is -0.490 e. The molecule has 2 rings (SSSR count). The Bertz CT molecular complexity index is 933. The Kier molecular flexibility index (Phi) is 10.8. The number of nitrogens with one attached hydrogen (secondary N) is 1. The van der Waals surface area contributed by atoms with Crippen LogP contribution in [0.5, 0.6) is 11.5 Å². The van der Waals surface area contributed by atoms with Gasteiger partial charge in [0.15, 0.2) is 11.5 Å². The van der Waals surface area contributed by atoms with Gasteiger partial charge in [-0.25, -0.2) is 4.39 Å². The molecule has 2 aromatic rings. The van der Waals surface area contributed by atoms with Crippen molar-refractivity contribution in [3.8, 4) is 17.6 Å². The zero-order valence-electron chi connectivity index (χ0n) is 18.8. The molecule has 1 N–H and O–H groups in total. The topological polar surface area (TPSA) is 71.3 Å². The molecule has 0 bridgehead atoms. The van der Waals surface area contributed by atoms with Crippen LogP contribution in [-0.2, 0) is 4.79 Å². The number of carbonyl (C=O) groups excluding carboxylic acids is 1. The Morgan fingerprint density at radius 1 is 1.00 bits per heavy atom. The lowest BCUT2D eigenvalue weighted by atomic mass is 10.1. The number of rotatable bonds is 13. The number of hydrogen-bond acceptors (Lipinski definition) is 4. The largest absolute Gasteiger partial charge is 0.490 e. The first-order valence-corrected chi connectivity index (χ1v) is 11.2. The summed E-state index contributed by atoms with van der Waals surface area (Å²) in [5.74, 6) is 0.247. The molecule has 32 heavy (non-hydrogen) atoms. The molecule has 0 saturated heterocycles. The number of nitriles is 1. The van der Waals surface area contributed by atoms with Crippen molar-refractivity contribution in [1.29, 1.82) is 5.26 Å². The van der Waals surface area contributed by atoms with E-state index in [2.05, 4.69) is 12.2 Å². The SMILES string of the molecule is CCCCCCCCOc1ccc(/C=C(\C#N)C(=O)Nc2ccc(F)cc2)cc1OCC. The molecule has 0 aromatic heterocycles. The van der Waals surface area contributed by atoms with Crippen LogP contribution in [0, 0.1) is 17.1 Å². The molecular weight excluding hydrogens is 407 g/mol. The number of nitrogens with zero attached hydrogens (tertiary/aromatic N) is 1. The van der Waals surface area contributed by atoms with Gasteiger partial charge in [-0.1, -0.05) is 45.1 Å². The van der Waals surface area contributed by atoms with Crippen LogP contribution >= 0.6 is 0 Å². The molecule has 0 fully saturated rings. The summed E-state index contributed by atoms with van der Waals surface area (Å²) in [5, 5.41) is 12.0. The Hall–Kier alpha value is -3.33. The lowest BCUT2D eigenvalue weighted by Crippen LogP contribution is -2.13. The van der Waals surface area contributed by atoms with E-state index in [-0.39, 0.29) is 5.57 Å². The molecule has 6 heteroatoms. The zero-order chi connectivity index (χ0) is 23.2. The highest BCUT2D eigenvalue weighted by Crippen LogP contribution is 2.30. The summed E-state index contributed by atoms with van der Waals surface area (Å²) >= 11 is 0. The lowest BCUT2D eigenvalue weighted by Gasteiger charge is -2.13. The fourth-order valence-corrected chi connectivity index (χ4v) is 3.11. The second-order valence-electron chi connectivity index (χ2n) is 7.39. The fraction of sp³-hybridized carbons (Fsp3) is 0.385. The van der Waals surface area contributed by atoms with Crippen molar-refractivity contribution >= 4 is 17.7 Å². The minimum atomic E-state index is -0.569. The number of unbranched alkanes of at least 4 members (excludes halogenated alkanes) is 5. The van der Waals surface area contributed by atoms with E-state index in [0.29, 0.717) is 36.0 Å². The highest BCUT2D eigenvalue weighted by Gasteiger charge is 2.12. The van der Waals surface area contributed by atoms with Gasteiger partial charge < -0.3 is 14.8 Å². The third kappa shape index (κ3) is 8.43. The molecule has 0 spiro atoms. The van der Waals surface area contributed by atoms with Crippen LogP contribution in [-0.4, -0.2) is 19.1 Å². The average molecular weight is 439 g/mol. The molecule has 0 aliphatic rings. The second kappa shape index (κ2) is 13.9. The summed E-state index contributed by atoms with van der Waals surface area (Å²) in [5.41, 5.74) is 0.981. The summed E-state index contributed by atoms with van der Waals surface area (Å²) in [7, 11) is 0. The average Bonchev–Trinajstić information content (AvgIpc) is 2.79. The molecule has 0 radical (unpaired) electrons. The van der Waals surface area contributed by atoms with E-state index in [0.717, 1.165) is 12.8 Å². The van der Waals surface area contributed by atoms with Gasteiger partial charge >= 0.3 is 0 Å². The van der Waals surface area contributed by atoms with Crippen molar-refractivity contribution in [2.75, 3.05) is 18.5 Å². The van der Waals surface area contributed by atoms with Crippen LogP contribution in [0.4, 0.5) is 10.1 Å². The number of ether oxygens (including phenoxy) is 2. The summed E-state index contributed by atoms with van der Waals surface area (Å²) in [6.07, 6.45) is 8.60. The summed E-state index contributed by atoms with van der Waals surface area (Å²) in [4.78, 5) is 12.4. The van der Waals surface area contributed by atoms with Gasteiger partial charge in [-0.05, 0) is 61.4 Å². The number of hydrogen-bond donors (Lipinski definition) is 1. The highest BCUT2D eigenvalue weighted by molar-refractivity contribution is 6.09. The van der Waals surface area contributed by atoms with Crippen LogP contribution < -0.4 is 14.8 Å². The molecule has 0 aliphatic heterocycles. The highest BCUT2D eigenvalue weighted by atomic mass is 19.1. The molecular formula is C26H31FN2O3. The van der Waals surface area contributed by atoms with E-state index >= 15 is 0 Å². The Balaban J connectivity index is 2.03. The molecule has 170 valence electrons. The second-order valence-corrected chi connectivity index (χ2v) is 7.39. The molecule has 1 amide bonds. The van der Waals surface area contributed by atoms with Crippen molar-refractivity contribution < 1.29 is 18.7 Å². The van der Waals surface area contributed by atoms with Gasteiger partial charge in [0.05, 0.1) is 13.2 Å². The molecule has 0 heterocycles. The summed E-state index contributed by atoms with van der Waals surface area (Å²) in [6, 6.07) is 12.6. The molecule has 5 nitrogen and oxygen atoms in total. The number of halogens is 1. The summed E-state index contributed by atoms with van der Waals surface area (Å²) in [6.45, 7) is 5.17. The Morgan fingerprint density at radius 3 is 2.41 bits per heavy atom. The van der Waals surface area contributed by atoms with E-state index < -0.39 is 11.7 Å². The van der Waals surface area contributed by atoms with Crippen molar-refractivity contribution in [2.24, 2.45) is 0 Å². The quantitative estimate of drug-likeness (QED) is 0.220. The summed E-state index contributed by atoms with van der Waals surface area (Å²) < 4.78 is 24.6. The third-order valence-corrected chi connectivity index (χ3v) is 4.80. The predicted octanol–water partition coefficient (Wildman–Crippen LogP) is 6.51. The van der Waals surface area contributed by atoms with E-state index in [1.165, 1.54) is 56.0 Å². The standard InChI is InChI=1S/C26H31FN2O3/c1-3-5-6-7-8-9-16-32-24-15-10-20(18-25(24)31-4-2)17-21(19-28)26(30)29-23-13-11-22(27)12-14-23/h10-15,17-18H,3-9,16H2,1-2H3,(H,29,30)/b21-17+.